The van der Waals surface area contributed by atoms with Crippen molar-refractivity contribution in [3.8, 4) is 5.75 Å². The quantitative estimate of drug-likeness (QED) is 0.726. The van der Waals surface area contributed by atoms with E-state index in [0.717, 1.165) is 27.5 Å². The highest BCUT2D eigenvalue weighted by atomic mass is 16.3. The summed E-state index contributed by atoms with van der Waals surface area (Å²) in [7, 11) is 0. The van der Waals surface area contributed by atoms with Gasteiger partial charge in [-0.25, -0.2) is 0 Å². The van der Waals surface area contributed by atoms with Gasteiger partial charge in [0.05, 0.1) is 6.04 Å². The van der Waals surface area contributed by atoms with E-state index in [4.69, 9.17) is 0 Å². The third-order valence-corrected chi connectivity index (χ3v) is 4.46. The summed E-state index contributed by atoms with van der Waals surface area (Å²) in [4.78, 5) is 12.4. The van der Waals surface area contributed by atoms with Crippen molar-refractivity contribution in [1.29, 1.82) is 0 Å². The average Bonchev–Trinajstić information content (AvgIpc) is 2.60. The molecule has 0 saturated heterocycles. The third-order valence-electron chi connectivity index (χ3n) is 4.46. The van der Waals surface area contributed by atoms with Crippen molar-refractivity contribution in [2.75, 3.05) is 0 Å². The van der Waals surface area contributed by atoms with Crippen LogP contribution in [0.5, 0.6) is 5.75 Å². The van der Waals surface area contributed by atoms with Crippen molar-refractivity contribution in [3.63, 3.8) is 0 Å². The predicted octanol–water partition coefficient (Wildman–Crippen LogP) is 4.72. The highest BCUT2D eigenvalue weighted by molar-refractivity contribution is 5.89. The topological polar surface area (TPSA) is 49.3 Å². The van der Waals surface area contributed by atoms with E-state index >= 15 is 0 Å². The van der Waals surface area contributed by atoms with Gasteiger partial charge in [0.25, 0.3) is 0 Å². The summed E-state index contributed by atoms with van der Waals surface area (Å²) < 4.78 is 0. The zero-order valence-electron chi connectivity index (χ0n) is 14.8. The van der Waals surface area contributed by atoms with E-state index in [-0.39, 0.29) is 17.6 Å². The molecule has 3 rings (SSSR count). The highest BCUT2D eigenvalue weighted by Crippen LogP contribution is 2.36. The van der Waals surface area contributed by atoms with Gasteiger partial charge in [0.1, 0.15) is 5.75 Å². The molecule has 0 bridgehead atoms. The molecule has 1 amide bonds. The Morgan fingerprint density at radius 2 is 1.64 bits per heavy atom. The maximum absolute atomic E-state index is 12.4. The number of amides is 1. The lowest BCUT2D eigenvalue weighted by molar-refractivity contribution is -0.124. The van der Waals surface area contributed by atoms with Gasteiger partial charge in [-0.1, -0.05) is 74.0 Å². The van der Waals surface area contributed by atoms with Crippen LogP contribution >= 0.6 is 0 Å². The van der Waals surface area contributed by atoms with Gasteiger partial charge in [0.15, 0.2) is 0 Å². The number of benzene rings is 3. The molecule has 2 N–H and O–H groups in total. The highest BCUT2D eigenvalue weighted by Gasteiger charge is 2.23. The maximum atomic E-state index is 12.4. The van der Waals surface area contributed by atoms with Crippen LogP contribution in [-0.2, 0) is 4.79 Å². The van der Waals surface area contributed by atoms with Crippen LogP contribution < -0.4 is 5.32 Å². The second-order valence-electron chi connectivity index (χ2n) is 6.73. The molecule has 0 aliphatic carbocycles. The summed E-state index contributed by atoms with van der Waals surface area (Å²) in [6, 6.07) is 19.1. The molecule has 3 aromatic rings. The predicted molar refractivity (Wildman–Crippen MR) is 102 cm³/mol. The molecular formula is C22H23NO2. The van der Waals surface area contributed by atoms with Crippen LogP contribution in [0.3, 0.4) is 0 Å². The second-order valence-corrected chi connectivity index (χ2v) is 6.73. The minimum Gasteiger partial charge on any atom is -0.508 e. The number of hydrogen-bond acceptors (Lipinski definition) is 2. The molecule has 3 nitrogen and oxygen atoms in total. The number of aryl methyl sites for hydroxylation is 1. The molecule has 128 valence electrons. The molecule has 1 atom stereocenters. The summed E-state index contributed by atoms with van der Waals surface area (Å²) in [6.07, 6.45) is 0. The molecule has 3 aromatic carbocycles. The van der Waals surface area contributed by atoms with Crippen molar-refractivity contribution in [2.45, 2.75) is 26.8 Å². The van der Waals surface area contributed by atoms with Crippen LogP contribution in [0.2, 0.25) is 0 Å². The number of aromatic hydroxyl groups is 1. The summed E-state index contributed by atoms with van der Waals surface area (Å²) in [5, 5.41) is 15.7. The number of phenolic OH excluding ortho intramolecular Hbond substituents is 1. The van der Waals surface area contributed by atoms with Crippen molar-refractivity contribution < 1.29 is 9.90 Å². The molecule has 0 spiro atoms. The molecular weight excluding hydrogens is 310 g/mol. The van der Waals surface area contributed by atoms with E-state index in [0.29, 0.717) is 0 Å². The Labute approximate surface area is 148 Å². The van der Waals surface area contributed by atoms with Gasteiger partial charge in [-0.2, -0.15) is 0 Å². The Morgan fingerprint density at radius 3 is 2.32 bits per heavy atom. The Hall–Kier alpha value is -2.81. The fourth-order valence-electron chi connectivity index (χ4n) is 2.98. The Bertz CT molecular complexity index is 898. The zero-order valence-corrected chi connectivity index (χ0v) is 14.8. The number of carbonyl (C=O) groups is 1. The van der Waals surface area contributed by atoms with Gasteiger partial charge in [-0.15, -0.1) is 0 Å². The number of fused-ring (bicyclic) bond motifs is 1. The lowest BCUT2D eigenvalue weighted by Crippen LogP contribution is -2.32. The largest absolute Gasteiger partial charge is 0.508 e. The van der Waals surface area contributed by atoms with Gasteiger partial charge in [-0.3, -0.25) is 4.79 Å². The first kappa shape index (κ1) is 17.0. The molecule has 0 aliphatic heterocycles. The lowest BCUT2D eigenvalue weighted by atomic mass is 9.92. The van der Waals surface area contributed by atoms with Gasteiger partial charge in [0.2, 0.25) is 5.91 Å². The van der Waals surface area contributed by atoms with Crippen LogP contribution in [0.15, 0.2) is 60.7 Å². The summed E-state index contributed by atoms with van der Waals surface area (Å²) in [6.45, 7) is 5.76. The zero-order chi connectivity index (χ0) is 18.0. The number of carbonyl (C=O) groups excluding carboxylic acids is 1. The number of nitrogens with one attached hydrogen (secondary N) is 1. The molecule has 0 aromatic heterocycles. The van der Waals surface area contributed by atoms with Gasteiger partial charge in [0, 0.05) is 11.5 Å². The Balaban J connectivity index is 2.19. The van der Waals surface area contributed by atoms with Gasteiger partial charge < -0.3 is 10.4 Å². The van der Waals surface area contributed by atoms with Gasteiger partial charge >= 0.3 is 0 Å². The Kier molecular flexibility index (Phi) is 4.75. The van der Waals surface area contributed by atoms with E-state index < -0.39 is 6.04 Å². The van der Waals surface area contributed by atoms with Crippen LogP contribution in [0, 0.1) is 12.8 Å². The number of phenols is 1. The third kappa shape index (κ3) is 3.50. The summed E-state index contributed by atoms with van der Waals surface area (Å²) in [5.41, 5.74) is 2.84. The fraction of sp³-hybridized carbons (Fsp3) is 0.227. The first-order chi connectivity index (χ1) is 12.0. The van der Waals surface area contributed by atoms with Crippen LogP contribution in [0.1, 0.15) is 36.6 Å². The average molecular weight is 333 g/mol. The maximum Gasteiger partial charge on any atom is 0.223 e. The second kappa shape index (κ2) is 6.98. The van der Waals surface area contributed by atoms with E-state index in [1.54, 1.807) is 6.07 Å². The minimum atomic E-state index is -0.401. The molecule has 0 saturated carbocycles. The fourth-order valence-corrected chi connectivity index (χ4v) is 2.98. The Morgan fingerprint density at radius 1 is 0.960 bits per heavy atom. The molecule has 0 aliphatic rings. The SMILES string of the molecule is Cc1ccc(C(NC(=O)C(C)C)c2c(O)ccc3ccccc23)cc1. The van der Waals surface area contributed by atoms with Crippen molar-refractivity contribution in [3.05, 3.63) is 77.4 Å². The standard InChI is InChI=1S/C22H23NO2/c1-14(2)22(25)23-21(17-10-8-15(3)9-11-17)20-18-7-5-4-6-16(18)12-13-19(20)24/h4-14,21,24H,1-3H3,(H,23,25). The van der Waals surface area contributed by atoms with Crippen molar-refractivity contribution >= 4 is 16.7 Å². The molecule has 0 fully saturated rings. The number of hydrogen-bond donors (Lipinski definition) is 2. The van der Waals surface area contributed by atoms with Crippen molar-refractivity contribution in [2.24, 2.45) is 5.92 Å². The van der Waals surface area contributed by atoms with Crippen LogP contribution in [0.25, 0.3) is 10.8 Å². The molecule has 0 radical (unpaired) electrons. The monoisotopic (exact) mass is 333 g/mol. The van der Waals surface area contributed by atoms with Crippen LogP contribution in [0.4, 0.5) is 0 Å². The summed E-state index contributed by atoms with van der Waals surface area (Å²) >= 11 is 0. The molecule has 3 heteroatoms. The first-order valence-electron chi connectivity index (χ1n) is 8.55. The molecule has 25 heavy (non-hydrogen) atoms. The molecule has 1 unspecified atom stereocenters. The van der Waals surface area contributed by atoms with E-state index in [1.807, 2.05) is 75.4 Å². The van der Waals surface area contributed by atoms with E-state index in [1.165, 1.54) is 0 Å². The normalized spacial score (nSPS) is 12.3. The smallest absolute Gasteiger partial charge is 0.223 e. The minimum absolute atomic E-state index is 0.0436. The lowest BCUT2D eigenvalue weighted by Gasteiger charge is -2.23. The first-order valence-corrected chi connectivity index (χ1v) is 8.55. The number of rotatable bonds is 4. The summed E-state index contributed by atoms with van der Waals surface area (Å²) in [5.74, 6) is 0.0105. The van der Waals surface area contributed by atoms with Crippen molar-refractivity contribution in [1.82, 2.24) is 5.32 Å². The van der Waals surface area contributed by atoms with Crippen LogP contribution in [-0.4, -0.2) is 11.0 Å². The van der Waals surface area contributed by atoms with Gasteiger partial charge in [-0.05, 0) is 29.3 Å². The molecule has 0 heterocycles. The van der Waals surface area contributed by atoms with E-state index in [9.17, 15) is 9.90 Å². The van der Waals surface area contributed by atoms with E-state index in [2.05, 4.69) is 5.32 Å².